The van der Waals surface area contributed by atoms with Crippen molar-refractivity contribution in [1.29, 1.82) is 0 Å². The molecule has 0 saturated heterocycles. The summed E-state index contributed by atoms with van der Waals surface area (Å²) in [7, 11) is 0. The molecular weight excluding hydrogens is 384 g/mol. The average molecular weight is 396 g/mol. The normalized spacial score (nSPS) is 10.8. The molecule has 0 aromatic heterocycles. The van der Waals surface area contributed by atoms with E-state index >= 15 is 0 Å². The molecule has 0 aliphatic heterocycles. The highest BCUT2D eigenvalue weighted by atomic mass is 16.3. The van der Waals surface area contributed by atoms with E-state index in [4.69, 9.17) is 0 Å². The molecule has 1 aliphatic rings. The minimum absolute atomic E-state index is 0.300. The summed E-state index contributed by atoms with van der Waals surface area (Å²) in [4.78, 5) is 0. The molecule has 0 heterocycles. The first-order chi connectivity index (χ1) is 14.3. The fourth-order valence-electron chi connectivity index (χ4n) is 2.75. The third-order valence-corrected chi connectivity index (χ3v) is 4.34. The van der Waals surface area contributed by atoms with Gasteiger partial charge in [0.2, 0.25) is 0 Å². The number of benzene rings is 3. The van der Waals surface area contributed by atoms with Gasteiger partial charge in [-0.25, -0.2) is 0 Å². The number of phenols is 6. The number of rotatable bonds is 0. The van der Waals surface area contributed by atoms with Crippen molar-refractivity contribution in [2.75, 3.05) is 0 Å². The summed E-state index contributed by atoms with van der Waals surface area (Å²) in [6, 6.07) is 7.49. The highest BCUT2D eigenvalue weighted by Gasteiger charge is 2.10. The van der Waals surface area contributed by atoms with Gasteiger partial charge in [0.05, 0.1) is 0 Å². The quantitative estimate of drug-likeness (QED) is 0.201. The Bertz CT molecular complexity index is 1140. The van der Waals surface area contributed by atoms with Crippen molar-refractivity contribution in [1.82, 2.24) is 0 Å². The SMILES string of the molecule is Oc1cc2c(cc1O)C#Cc1cc(O)c(O)cc1C#Cc1cc(O)c(O)cc1C#C2. The third kappa shape index (κ3) is 3.36. The molecule has 0 unspecified atom stereocenters. The van der Waals surface area contributed by atoms with E-state index in [-0.39, 0.29) is 34.5 Å². The van der Waals surface area contributed by atoms with Gasteiger partial charge in [-0.15, -0.1) is 0 Å². The maximum absolute atomic E-state index is 9.84. The molecular formula is C24H12O6. The molecule has 0 saturated carbocycles. The lowest BCUT2D eigenvalue weighted by Gasteiger charge is -2.05. The Morgan fingerprint density at radius 2 is 0.433 bits per heavy atom. The second-order valence-corrected chi connectivity index (χ2v) is 6.41. The molecule has 3 aromatic carbocycles. The highest BCUT2D eigenvalue weighted by molar-refractivity contribution is 5.66. The van der Waals surface area contributed by atoms with E-state index in [1.165, 1.54) is 36.4 Å². The van der Waals surface area contributed by atoms with Crippen molar-refractivity contribution in [2.24, 2.45) is 0 Å². The van der Waals surface area contributed by atoms with Crippen LogP contribution in [0.2, 0.25) is 0 Å². The van der Waals surface area contributed by atoms with Crippen molar-refractivity contribution in [3.8, 4) is 70.0 Å². The van der Waals surface area contributed by atoms with Gasteiger partial charge >= 0.3 is 0 Å². The Kier molecular flexibility index (Phi) is 4.28. The van der Waals surface area contributed by atoms with Crippen LogP contribution >= 0.6 is 0 Å². The average Bonchev–Trinajstić information content (AvgIpc) is 2.70. The van der Waals surface area contributed by atoms with Gasteiger partial charge in [0.15, 0.2) is 34.5 Å². The Morgan fingerprint density at radius 1 is 0.300 bits per heavy atom. The van der Waals surface area contributed by atoms with Gasteiger partial charge in [-0.05, 0) is 0 Å². The summed E-state index contributed by atoms with van der Waals surface area (Å²) in [5, 5.41) is 59.1. The number of hydrogen-bond donors (Lipinski definition) is 6. The second-order valence-electron chi connectivity index (χ2n) is 6.41. The van der Waals surface area contributed by atoms with Crippen LogP contribution in [-0.2, 0) is 0 Å². The van der Waals surface area contributed by atoms with Crippen LogP contribution in [0.15, 0.2) is 36.4 Å². The Labute approximate surface area is 170 Å². The zero-order valence-electron chi connectivity index (χ0n) is 15.1. The molecule has 0 spiro atoms. The minimum atomic E-state index is -0.381. The lowest BCUT2D eigenvalue weighted by atomic mass is 10.0. The van der Waals surface area contributed by atoms with Crippen molar-refractivity contribution in [3.05, 3.63) is 69.8 Å². The fraction of sp³-hybridized carbons (Fsp3) is 0. The maximum Gasteiger partial charge on any atom is 0.158 e. The van der Waals surface area contributed by atoms with Gasteiger partial charge < -0.3 is 30.6 Å². The Balaban J connectivity index is 2.08. The van der Waals surface area contributed by atoms with Crippen molar-refractivity contribution in [3.63, 3.8) is 0 Å². The van der Waals surface area contributed by atoms with E-state index < -0.39 is 0 Å². The molecule has 144 valence electrons. The first kappa shape index (κ1) is 18.5. The van der Waals surface area contributed by atoms with Gasteiger partial charge in [-0.3, -0.25) is 0 Å². The largest absolute Gasteiger partial charge is 0.504 e. The van der Waals surface area contributed by atoms with E-state index in [2.05, 4.69) is 35.5 Å². The van der Waals surface area contributed by atoms with Gasteiger partial charge in [0.1, 0.15) is 0 Å². The van der Waals surface area contributed by atoms with E-state index in [0.717, 1.165) is 0 Å². The molecule has 6 N–H and O–H groups in total. The summed E-state index contributed by atoms with van der Waals surface area (Å²) in [6.07, 6.45) is 0. The molecule has 6 heteroatoms. The number of fused-ring (bicyclic) bond motifs is 3. The molecule has 0 radical (unpaired) electrons. The smallest absolute Gasteiger partial charge is 0.158 e. The lowest BCUT2D eigenvalue weighted by molar-refractivity contribution is 0.403. The Hall–Kier alpha value is -4.86. The van der Waals surface area contributed by atoms with E-state index in [1.54, 1.807) is 0 Å². The first-order valence-electron chi connectivity index (χ1n) is 8.56. The van der Waals surface area contributed by atoms with Crippen LogP contribution < -0.4 is 0 Å². The summed E-state index contributed by atoms with van der Waals surface area (Å²) in [5.74, 6) is 14.7. The topological polar surface area (TPSA) is 121 Å². The first-order valence-corrected chi connectivity index (χ1v) is 8.56. The molecule has 0 amide bonds. The summed E-state index contributed by atoms with van der Waals surface area (Å²) in [5.41, 5.74) is 1.80. The van der Waals surface area contributed by atoms with Crippen LogP contribution in [0.1, 0.15) is 33.4 Å². The zero-order valence-corrected chi connectivity index (χ0v) is 15.1. The number of hydrogen-bond acceptors (Lipinski definition) is 6. The molecule has 0 atom stereocenters. The van der Waals surface area contributed by atoms with E-state index in [1.807, 2.05) is 0 Å². The lowest BCUT2D eigenvalue weighted by Crippen LogP contribution is -1.90. The van der Waals surface area contributed by atoms with Gasteiger partial charge in [0.25, 0.3) is 0 Å². The molecule has 30 heavy (non-hydrogen) atoms. The summed E-state index contributed by atoms with van der Waals surface area (Å²) < 4.78 is 0. The van der Waals surface area contributed by atoms with Crippen LogP contribution in [0.5, 0.6) is 34.5 Å². The second kappa shape index (κ2) is 6.95. The van der Waals surface area contributed by atoms with Crippen molar-refractivity contribution >= 4 is 0 Å². The monoisotopic (exact) mass is 396 g/mol. The molecule has 0 bridgehead atoms. The van der Waals surface area contributed by atoms with Gasteiger partial charge in [0, 0.05) is 69.8 Å². The molecule has 6 nitrogen and oxygen atoms in total. The number of phenolic OH excluding ortho intramolecular Hbond substituents is 6. The maximum atomic E-state index is 9.84. The predicted octanol–water partition coefficient (Wildman–Crippen LogP) is 2.43. The zero-order chi connectivity index (χ0) is 21.4. The number of aromatic hydroxyl groups is 6. The van der Waals surface area contributed by atoms with Crippen molar-refractivity contribution in [2.45, 2.75) is 0 Å². The van der Waals surface area contributed by atoms with Crippen LogP contribution in [0, 0.1) is 35.5 Å². The van der Waals surface area contributed by atoms with Crippen LogP contribution in [0.3, 0.4) is 0 Å². The molecule has 4 rings (SSSR count). The van der Waals surface area contributed by atoms with Gasteiger partial charge in [-0.2, -0.15) is 0 Å². The van der Waals surface area contributed by atoms with E-state index in [9.17, 15) is 30.6 Å². The van der Waals surface area contributed by atoms with Crippen LogP contribution in [-0.4, -0.2) is 30.6 Å². The fourth-order valence-corrected chi connectivity index (χ4v) is 2.75. The van der Waals surface area contributed by atoms with Crippen molar-refractivity contribution < 1.29 is 30.6 Å². The summed E-state index contributed by atoms with van der Waals surface area (Å²) in [6.45, 7) is 0. The van der Waals surface area contributed by atoms with Crippen LogP contribution in [0.25, 0.3) is 0 Å². The highest BCUT2D eigenvalue weighted by Crippen LogP contribution is 2.31. The molecule has 0 fully saturated rings. The molecule has 1 aliphatic carbocycles. The standard InChI is InChI=1S/C24H12O6/c25-19-7-13-1-2-14-8-20(26)22(28)10-16(14)5-6-18-12-24(30)23(29)11-17(18)4-3-15(13)9-21(19)27/h7-12,25-30H. The Morgan fingerprint density at radius 3 is 0.567 bits per heavy atom. The third-order valence-electron chi connectivity index (χ3n) is 4.34. The summed E-state index contributed by atoms with van der Waals surface area (Å²) >= 11 is 0. The predicted molar refractivity (Wildman–Crippen MR) is 107 cm³/mol. The molecule has 3 aromatic rings. The van der Waals surface area contributed by atoms with Gasteiger partial charge in [-0.1, -0.05) is 35.5 Å². The minimum Gasteiger partial charge on any atom is -0.504 e. The van der Waals surface area contributed by atoms with E-state index in [0.29, 0.717) is 33.4 Å². The van der Waals surface area contributed by atoms with Crippen LogP contribution in [0.4, 0.5) is 0 Å².